The van der Waals surface area contributed by atoms with E-state index in [1.807, 2.05) is 0 Å². The predicted octanol–water partition coefficient (Wildman–Crippen LogP) is 3.67. The number of nitrogens with zero attached hydrogens (tertiary/aromatic N) is 3. The average molecular weight is 449 g/mol. The Labute approximate surface area is 181 Å². The van der Waals surface area contributed by atoms with Crippen molar-refractivity contribution in [1.82, 2.24) is 19.4 Å². The van der Waals surface area contributed by atoms with E-state index < -0.39 is 15.7 Å². The molecule has 0 aliphatic rings. The Balaban J connectivity index is 1.48. The Morgan fingerprint density at radius 3 is 2.59 bits per heavy atom. The maximum absolute atomic E-state index is 13.2. The number of rotatable bonds is 4. The van der Waals surface area contributed by atoms with Crippen LogP contribution in [0.4, 0.5) is 10.1 Å². The van der Waals surface area contributed by atoms with Crippen molar-refractivity contribution in [1.29, 1.82) is 0 Å². The van der Waals surface area contributed by atoms with Gasteiger partial charge in [-0.2, -0.15) is 0 Å². The third kappa shape index (κ3) is 3.50. The van der Waals surface area contributed by atoms with Gasteiger partial charge in [-0.15, -0.1) is 0 Å². The number of fused-ring (bicyclic) bond motifs is 2. The summed E-state index contributed by atoms with van der Waals surface area (Å²) in [4.78, 5) is 24.6. The smallest absolute Gasteiger partial charge is 0.276 e. The Morgan fingerprint density at radius 1 is 1.06 bits per heavy atom. The Kier molecular flexibility index (Phi) is 4.52. The number of anilines is 1. The van der Waals surface area contributed by atoms with Gasteiger partial charge in [0.2, 0.25) is 15.0 Å². The van der Waals surface area contributed by atoms with Crippen LogP contribution in [0, 0.1) is 5.82 Å². The fourth-order valence-electron chi connectivity index (χ4n) is 3.46. The molecule has 0 atom stereocenters. The van der Waals surface area contributed by atoms with Gasteiger partial charge in [0.1, 0.15) is 11.6 Å². The van der Waals surface area contributed by atoms with Crippen LogP contribution >= 0.6 is 0 Å². The zero-order valence-corrected chi connectivity index (χ0v) is 17.5. The van der Waals surface area contributed by atoms with Crippen LogP contribution < -0.4 is 5.32 Å². The standard InChI is InChI=1S/C22H16FN5O3S/c1-32(30,31)22-27-19(18-4-2-3-11-28(18)22)21(29)24-15-9-10-16-17(12-15)26-20(25-16)13-5-7-14(23)8-6-13/h2-12H,1H3,(H,24,29)(H,25,26). The number of pyridine rings is 1. The first-order valence-corrected chi connectivity index (χ1v) is 11.4. The number of aromatic amines is 1. The van der Waals surface area contributed by atoms with Crippen LogP contribution in [0.1, 0.15) is 10.5 Å². The van der Waals surface area contributed by atoms with Gasteiger partial charge in [0.05, 0.1) is 16.6 Å². The van der Waals surface area contributed by atoms with Crippen LogP contribution in [0.3, 0.4) is 0 Å². The fraction of sp³-hybridized carbons (Fsp3) is 0.0455. The maximum atomic E-state index is 13.2. The molecule has 0 bridgehead atoms. The number of amides is 1. The zero-order valence-electron chi connectivity index (χ0n) is 16.7. The van der Waals surface area contributed by atoms with E-state index in [4.69, 9.17) is 0 Å². The van der Waals surface area contributed by atoms with E-state index >= 15 is 0 Å². The van der Waals surface area contributed by atoms with Crippen LogP contribution in [-0.4, -0.2) is 39.9 Å². The number of hydrogen-bond donors (Lipinski definition) is 2. The second-order valence-corrected chi connectivity index (χ2v) is 9.16. The summed E-state index contributed by atoms with van der Waals surface area (Å²) in [5, 5.41) is 2.55. The maximum Gasteiger partial charge on any atom is 0.276 e. The van der Waals surface area contributed by atoms with Gasteiger partial charge in [0.15, 0.2) is 5.69 Å². The van der Waals surface area contributed by atoms with Crippen molar-refractivity contribution in [3.63, 3.8) is 0 Å². The molecule has 5 aromatic rings. The molecule has 0 aliphatic heterocycles. The van der Waals surface area contributed by atoms with Gasteiger partial charge in [0.25, 0.3) is 5.91 Å². The number of halogens is 1. The van der Waals surface area contributed by atoms with E-state index in [9.17, 15) is 17.6 Å². The minimum Gasteiger partial charge on any atom is -0.338 e. The van der Waals surface area contributed by atoms with Gasteiger partial charge in [0, 0.05) is 23.7 Å². The van der Waals surface area contributed by atoms with E-state index in [0.29, 0.717) is 28.1 Å². The van der Waals surface area contributed by atoms with Crippen molar-refractivity contribution in [2.45, 2.75) is 5.16 Å². The molecule has 160 valence electrons. The lowest BCUT2D eigenvalue weighted by Gasteiger charge is -2.03. The molecular weight excluding hydrogens is 433 g/mol. The first kappa shape index (κ1) is 19.9. The number of hydrogen-bond acceptors (Lipinski definition) is 5. The number of imidazole rings is 2. The summed E-state index contributed by atoms with van der Waals surface area (Å²) in [6, 6.07) is 16.1. The highest BCUT2D eigenvalue weighted by molar-refractivity contribution is 7.90. The summed E-state index contributed by atoms with van der Waals surface area (Å²) in [5.41, 5.74) is 2.94. The van der Waals surface area contributed by atoms with E-state index in [2.05, 4.69) is 20.3 Å². The van der Waals surface area contributed by atoms with E-state index in [1.54, 1.807) is 54.7 Å². The molecule has 2 N–H and O–H groups in total. The molecule has 10 heteroatoms. The number of H-pyrrole nitrogens is 1. The SMILES string of the molecule is CS(=O)(=O)c1nc(C(=O)Nc2ccc3nc(-c4ccc(F)cc4)[nH]c3c2)c2ccccn12. The summed E-state index contributed by atoms with van der Waals surface area (Å²) in [7, 11) is -3.63. The van der Waals surface area contributed by atoms with Gasteiger partial charge in [-0.25, -0.2) is 22.8 Å². The summed E-state index contributed by atoms with van der Waals surface area (Å²) < 4.78 is 38.7. The molecule has 3 aromatic heterocycles. The molecule has 0 radical (unpaired) electrons. The number of carbonyl (C=O) groups excluding carboxylic acids is 1. The van der Waals surface area contributed by atoms with Gasteiger partial charge >= 0.3 is 0 Å². The second-order valence-electron chi connectivity index (χ2n) is 7.25. The van der Waals surface area contributed by atoms with Gasteiger partial charge in [-0.05, 0) is 54.6 Å². The van der Waals surface area contributed by atoms with E-state index in [0.717, 1.165) is 11.8 Å². The number of aromatic nitrogens is 4. The first-order valence-electron chi connectivity index (χ1n) is 9.54. The topological polar surface area (TPSA) is 109 Å². The lowest BCUT2D eigenvalue weighted by atomic mass is 10.2. The molecule has 3 heterocycles. The third-order valence-corrected chi connectivity index (χ3v) is 5.87. The van der Waals surface area contributed by atoms with Crippen molar-refractivity contribution in [2.24, 2.45) is 0 Å². The minimum absolute atomic E-state index is 0.00253. The van der Waals surface area contributed by atoms with Crippen LogP contribution in [0.5, 0.6) is 0 Å². The monoisotopic (exact) mass is 449 g/mol. The second kappa shape index (κ2) is 7.27. The van der Waals surface area contributed by atoms with E-state index in [1.165, 1.54) is 16.5 Å². The lowest BCUT2D eigenvalue weighted by Crippen LogP contribution is -2.13. The number of sulfone groups is 1. The summed E-state index contributed by atoms with van der Waals surface area (Å²) in [6.45, 7) is 0. The molecule has 1 amide bonds. The lowest BCUT2D eigenvalue weighted by molar-refractivity contribution is 0.102. The molecular formula is C22H16FN5O3S. The van der Waals surface area contributed by atoms with Gasteiger partial charge in [-0.1, -0.05) is 6.07 Å². The first-order chi connectivity index (χ1) is 15.3. The Morgan fingerprint density at radius 2 is 1.84 bits per heavy atom. The van der Waals surface area contributed by atoms with E-state index in [-0.39, 0.29) is 16.7 Å². The molecule has 8 nitrogen and oxygen atoms in total. The fourth-order valence-corrected chi connectivity index (χ4v) is 4.23. The molecule has 2 aromatic carbocycles. The van der Waals surface area contributed by atoms with Crippen molar-refractivity contribution in [2.75, 3.05) is 11.6 Å². The highest BCUT2D eigenvalue weighted by Gasteiger charge is 2.23. The minimum atomic E-state index is -3.63. The largest absolute Gasteiger partial charge is 0.338 e. The highest BCUT2D eigenvalue weighted by atomic mass is 32.2. The van der Waals surface area contributed by atoms with Crippen molar-refractivity contribution in [3.8, 4) is 11.4 Å². The van der Waals surface area contributed by atoms with Crippen molar-refractivity contribution >= 4 is 38.0 Å². The Hall–Kier alpha value is -4.05. The van der Waals surface area contributed by atoms with Gasteiger partial charge in [-0.3, -0.25) is 9.20 Å². The molecule has 0 saturated carbocycles. The predicted molar refractivity (Wildman–Crippen MR) is 118 cm³/mol. The summed E-state index contributed by atoms with van der Waals surface area (Å²) >= 11 is 0. The molecule has 5 rings (SSSR count). The molecule has 0 unspecified atom stereocenters. The average Bonchev–Trinajstić information content (AvgIpc) is 3.35. The van der Waals surface area contributed by atoms with Crippen molar-refractivity contribution < 1.29 is 17.6 Å². The number of nitrogens with one attached hydrogen (secondary N) is 2. The quantitative estimate of drug-likeness (QED) is 0.435. The van der Waals surface area contributed by atoms with Gasteiger partial charge < -0.3 is 10.3 Å². The number of carbonyl (C=O) groups is 1. The van der Waals surface area contributed by atoms with Crippen LogP contribution in [0.25, 0.3) is 27.9 Å². The molecule has 0 spiro atoms. The Bertz CT molecular complexity index is 1600. The summed E-state index contributed by atoms with van der Waals surface area (Å²) in [5.74, 6) is -0.303. The summed E-state index contributed by atoms with van der Waals surface area (Å²) in [6.07, 6.45) is 2.59. The number of benzene rings is 2. The van der Waals surface area contributed by atoms with Crippen LogP contribution in [-0.2, 0) is 9.84 Å². The normalized spacial score (nSPS) is 11.8. The molecule has 0 saturated heterocycles. The van der Waals surface area contributed by atoms with Crippen LogP contribution in [0.15, 0.2) is 72.0 Å². The zero-order chi connectivity index (χ0) is 22.5. The molecule has 0 fully saturated rings. The third-order valence-electron chi connectivity index (χ3n) is 4.92. The van der Waals surface area contributed by atoms with Crippen LogP contribution in [0.2, 0.25) is 0 Å². The van der Waals surface area contributed by atoms with Crippen molar-refractivity contribution in [3.05, 3.63) is 78.4 Å². The molecule has 0 aliphatic carbocycles. The molecule has 32 heavy (non-hydrogen) atoms. The highest BCUT2D eigenvalue weighted by Crippen LogP contribution is 2.24.